The molecule has 0 spiro atoms. The van der Waals surface area contributed by atoms with E-state index in [0.29, 0.717) is 11.8 Å². The first kappa shape index (κ1) is 28.4. The van der Waals surface area contributed by atoms with Crippen LogP contribution in [-0.4, -0.2) is 7.11 Å². The zero-order valence-electron chi connectivity index (χ0n) is 25.7. The van der Waals surface area contributed by atoms with Crippen molar-refractivity contribution in [2.45, 2.75) is 45.1 Å². The third-order valence-electron chi connectivity index (χ3n) is 8.53. The van der Waals surface area contributed by atoms with Gasteiger partial charge in [0.25, 0.3) is 0 Å². The van der Waals surface area contributed by atoms with E-state index in [4.69, 9.17) is 4.74 Å². The Kier molecular flexibility index (Phi) is 7.82. The molecule has 0 amide bonds. The number of hydrogen-bond donors (Lipinski definition) is 0. The maximum Gasteiger partial charge on any atom is 0.132 e. The second kappa shape index (κ2) is 11.9. The minimum atomic E-state index is -0.621. The third kappa shape index (κ3) is 5.21. The SMILES string of the molecule is COc1ccc(N2C(c3ccc(C(C)C)cc3)=CC(c3ccccc3)(c3ccc(C(C)C)cc3)N2c2ccccc2)cc1. The van der Waals surface area contributed by atoms with Crippen molar-refractivity contribution in [1.29, 1.82) is 0 Å². The summed E-state index contributed by atoms with van der Waals surface area (Å²) in [6.45, 7) is 8.98. The summed E-state index contributed by atoms with van der Waals surface area (Å²) < 4.78 is 5.55. The first-order valence-corrected chi connectivity index (χ1v) is 15.2. The molecule has 43 heavy (non-hydrogen) atoms. The Labute approximate surface area is 256 Å². The standard InChI is InChI=1S/C40H40N2O/c1-29(2)31-16-18-33(19-17-31)39-28-40(34-12-8-6-9-13-34,35-22-20-32(21-23-35)30(3)4)42(37-14-10-7-11-15-37)41(39)36-24-26-38(43-5)27-25-36/h6-30H,1-5H3. The molecule has 0 bridgehead atoms. The lowest BCUT2D eigenvalue weighted by molar-refractivity contribution is 0.415. The van der Waals surface area contributed by atoms with E-state index in [9.17, 15) is 0 Å². The summed E-state index contributed by atoms with van der Waals surface area (Å²) in [4.78, 5) is 0. The number of hydrazine groups is 1. The van der Waals surface area contributed by atoms with Crippen LogP contribution >= 0.6 is 0 Å². The number of ether oxygens (including phenoxy) is 1. The van der Waals surface area contributed by atoms with Crippen LogP contribution in [0.25, 0.3) is 5.70 Å². The molecule has 216 valence electrons. The van der Waals surface area contributed by atoms with Crippen molar-refractivity contribution in [1.82, 2.24) is 0 Å². The molecule has 1 atom stereocenters. The van der Waals surface area contributed by atoms with Gasteiger partial charge >= 0.3 is 0 Å². The summed E-state index contributed by atoms with van der Waals surface area (Å²) in [7, 11) is 1.71. The lowest BCUT2D eigenvalue weighted by Gasteiger charge is -2.45. The van der Waals surface area contributed by atoms with Crippen LogP contribution in [0.5, 0.6) is 5.75 Å². The number of para-hydroxylation sites is 1. The van der Waals surface area contributed by atoms with E-state index < -0.39 is 5.54 Å². The van der Waals surface area contributed by atoms with Gasteiger partial charge in [0.15, 0.2) is 0 Å². The average molecular weight is 565 g/mol. The van der Waals surface area contributed by atoms with Gasteiger partial charge in [0.2, 0.25) is 0 Å². The fourth-order valence-corrected chi connectivity index (χ4v) is 6.09. The molecule has 1 aliphatic heterocycles. The lowest BCUT2D eigenvalue weighted by Crippen LogP contribution is -2.50. The average Bonchev–Trinajstić information content (AvgIpc) is 3.43. The van der Waals surface area contributed by atoms with Crippen molar-refractivity contribution in [3.63, 3.8) is 0 Å². The molecule has 5 aromatic rings. The number of hydrogen-bond acceptors (Lipinski definition) is 3. The molecule has 0 radical (unpaired) electrons. The largest absolute Gasteiger partial charge is 0.497 e. The number of anilines is 2. The summed E-state index contributed by atoms with van der Waals surface area (Å²) in [6, 6.07) is 48.2. The van der Waals surface area contributed by atoms with Crippen molar-refractivity contribution in [3.05, 3.63) is 167 Å². The molecule has 3 heteroatoms. The summed E-state index contributed by atoms with van der Waals surface area (Å²) in [5.41, 5.74) is 8.89. The van der Waals surface area contributed by atoms with E-state index in [-0.39, 0.29) is 0 Å². The third-order valence-corrected chi connectivity index (χ3v) is 8.53. The van der Waals surface area contributed by atoms with Gasteiger partial charge in [-0.2, -0.15) is 0 Å². The van der Waals surface area contributed by atoms with Gasteiger partial charge in [-0.3, -0.25) is 10.0 Å². The van der Waals surface area contributed by atoms with E-state index in [1.807, 2.05) is 12.1 Å². The Morgan fingerprint density at radius 1 is 0.535 bits per heavy atom. The highest BCUT2D eigenvalue weighted by molar-refractivity contribution is 5.90. The van der Waals surface area contributed by atoms with E-state index in [1.54, 1.807) is 7.11 Å². The molecule has 5 aromatic carbocycles. The molecule has 1 aliphatic rings. The molecule has 3 nitrogen and oxygen atoms in total. The molecule has 6 rings (SSSR count). The van der Waals surface area contributed by atoms with Crippen LogP contribution in [0.4, 0.5) is 11.4 Å². The van der Waals surface area contributed by atoms with Crippen LogP contribution in [0, 0.1) is 0 Å². The molecular formula is C40H40N2O. The molecule has 1 unspecified atom stereocenters. The van der Waals surface area contributed by atoms with Crippen molar-refractivity contribution in [2.24, 2.45) is 0 Å². The van der Waals surface area contributed by atoms with E-state index in [2.05, 4.69) is 165 Å². The highest BCUT2D eigenvalue weighted by Crippen LogP contribution is 2.51. The van der Waals surface area contributed by atoms with Crippen LogP contribution in [0.2, 0.25) is 0 Å². The number of benzene rings is 5. The Morgan fingerprint density at radius 3 is 1.58 bits per heavy atom. The fraction of sp³-hybridized carbons (Fsp3) is 0.200. The second-order valence-corrected chi connectivity index (χ2v) is 11.9. The van der Waals surface area contributed by atoms with Gasteiger partial charge in [0.05, 0.1) is 24.2 Å². The first-order valence-electron chi connectivity index (χ1n) is 15.2. The van der Waals surface area contributed by atoms with Crippen molar-refractivity contribution < 1.29 is 4.74 Å². The summed E-state index contributed by atoms with van der Waals surface area (Å²) in [5.74, 6) is 1.75. The van der Waals surface area contributed by atoms with Gasteiger partial charge in [-0.05, 0) is 82.1 Å². The highest BCUT2D eigenvalue weighted by atomic mass is 16.5. The molecule has 1 heterocycles. The predicted molar refractivity (Wildman–Crippen MR) is 181 cm³/mol. The Morgan fingerprint density at radius 2 is 1.05 bits per heavy atom. The molecule has 0 aliphatic carbocycles. The van der Waals surface area contributed by atoms with E-state index in [0.717, 1.165) is 28.4 Å². The van der Waals surface area contributed by atoms with Crippen molar-refractivity contribution in [2.75, 3.05) is 17.1 Å². The number of nitrogens with zero attached hydrogens (tertiary/aromatic N) is 2. The van der Waals surface area contributed by atoms with Crippen LogP contribution < -0.4 is 14.8 Å². The summed E-state index contributed by atoms with van der Waals surface area (Å²) in [5, 5.41) is 4.84. The highest BCUT2D eigenvalue weighted by Gasteiger charge is 2.49. The Balaban J connectivity index is 1.68. The smallest absolute Gasteiger partial charge is 0.132 e. The zero-order valence-corrected chi connectivity index (χ0v) is 25.7. The van der Waals surface area contributed by atoms with Crippen LogP contribution in [0.3, 0.4) is 0 Å². The number of methoxy groups -OCH3 is 1. The normalized spacial score (nSPS) is 16.6. The molecule has 0 saturated carbocycles. The molecule has 0 N–H and O–H groups in total. The Bertz CT molecular complexity index is 1670. The van der Waals surface area contributed by atoms with Gasteiger partial charge in [-0.1, -0.05) is 125 Å². The maximum absolute atomic E-state index is 5.55. The van der Waals surface area contributed by atoms with E-state index in [1.165, 1.54) is 22.3 Å². The van der Waals surface area contributed by atoms with Crippen LogP contribution in [0.15, 0.2) is 140 Å². The van der Waals surface area contributed by atoms with E-state index >= 15 is 0 Å². The second-order valence-electron chi connectivity index (χ2n) is 11.9. The maximum atomic E-state index is 5.55. The van der Waals surface area contributed by atoms with Gasteiger partial charge in [-0.15, -0.1) is 0 Å². The molecule has 0 saturated heterocycles. The zero-order chi connectivity index (χ0) is 30.0. The molecule has 0 aromatic heterocycles. The van der Waals surface area contributed by atoms with Crippen molar-refractivity contribution >= 4 is 17.1 Å². The molecular weight excluding hydrogens is 524 g/mol. The van der Waals surface area contributed by atoms with Gasteiger partial charge in [-0.25, -0.2) is 0 Å². The minimum absolute atomic E-state index is 0.455. The minimum Gasteiger partial charge on any atom is -0.497 e. The van der Waals surface area contributed by atoms with Gasteiger partial charge < -0.3 is 4.74 Å². The van der Waals surface area contributed by atoms with Gasteiger partial charge in [0.1, 0.15) is 11.3 Å². The van der Waals surface area contributed by atoms with Crippen LogP contribution in [0.1, 0.15) is 67.3 Å². The number of rotatable bonds is 8. The molecule has 0 fully saturated rings. The predicted octanol–water partition coefficient (Wildman–Crippen LogP) is 10.2. The monoisotopic (exact) mass is 564 g/mol. The lowest BCUT2D eigenvalue weighted by atomic mass is 9.81. The topological polar surface area (TPSA) is 15.7 Å². The summed E-state index contributed by atoms with van der Waals surface area (Å²) in [6.07, 6.45) is 2.45. The van der Waals surface area contributed by atoms with Crippen LogP contribution in [-0.2, 0) is 5.54 Å². The quantitative estimate of drug-likeness (QED) is 0.186. The first-order chi connectivity index (χ1) is 20.9. The Hall–Kier alpha value is -4.76. The summed E-state index contributed by atoms with van der Waals surface area (Å²) >= 11 is 0. The van der Waals surface area contributed by atoms with Gasteiger partial charge in [0, 0.05) is 0 Å². The van der Waals surface area contributed by atoms with Crippen molar-refractivity contribution in [3.8, 4) is 5.75 Å². The fourth-order valence-electron chi connectivity index (χ4n) is 6.09.